The second kappa shape index (κ2) is 5.08. The molecule has 1 aromatic carbocycles. The number of piperidine rings is 1. The molecule has 0 bridgehead atoms. The lowest BCUT2D eigenvalue weighted by Gasteiger charge is -2.55. The van der Waals surface area contributed by atoms with E-state index in [-0.39, 0.29) is 11.1 Å². The van der Waals surface area contributed by atoms with Gasteiger partial charge in [0.2, 0.25) is 0 Å². The van der Waals surface area contributed by atoms with Crippen LogP contribution in [0, 0.1) is 0 Å². The van der Waals surface area contributed by atoms with E-state index in [1.165, 1.54) is 5.56 Å². The summed E-state index contributed by atoms with van der Waals surface area (Å²) in [7, 11) is 0. The van der Waals surface area contributed by atoms with Gasteiger partial charge in [0.05, 0.1) is 0 Å². The van der Waals surface area contributed by atoms with Crippen LogP contribution in [-0.2, 0) is 6.54 Å². The maximum absolute atomic E-state index is 6.22. The highest BCUT2D eigenvalue weighted by molar-refractivity contribution is 6.30. The van der Waals surface area contributed by atoms with Gasteiger partial charge in [-0.3, -0.25) is 4.90 Å². The van der Waals surface area contributed by atoms with Gasteiger partial charge < -0.3 is 5.73 Å². The Morgan fingerprint density at radius 3 is 2.05 bits per heavy atom. The Morgan fingerprint density at radius 2 is 1.58 bits per heavy atom. The highest BCUT2D eigenvalue weighted by Crippen LogP contribution is 2.38. The molecule has 0 spiro atoms. The van der Waals surface area contributed by atoms with Crippen molar-refractivity contribution in [3.05, 3.63) is 34.9 Å². The zero-order valence-electron chi connectivity index (χ0n) is 12.4. The van der Waals surface area contributed by atoms with Crippen LogP contribution < -0.4 is 5.73 Å². The van der Waals surface area contributed by atoms with Gasteiger partial charge in [0.15, 0.2) is 0 Å². The van der Waals surface area contributed by atoms with Crippen LogP contribution in [0.1, 0.15) is 46.1 Å². The van der Waals surface area contributed by atoms with E-state index in [0.717, 1.165) is 24.4 Å². The molecule has 1 saturated heterocycles. The Bertz CT molecular complexity index is 419. The zero-order valence-corrected chi connectivity index (χ0v) is 13.2. The van der Waals surface area contributed by atoms with E-state index in [9.17, 15) is 0 Å². The average molecular weight is 281 g/mol. The van der Waals surface area contributed by atoms with Crippen LogP contribution in [0.25, 0.3) is 0 Å². The van der Waals surface area contributed by atoms with Gasteiger partial charge in [0, 0.05) is 28.7 Å². The molecule has 106 valence electrons. The Kier molecular flexibility index (Phi) is 3.97. The van der Waals surface area contributed by atoms with Gasteiger partial charge in [-0.25, -0.2) is 0 Å². The number of hydrogen-bond acceptors (Lipinski definition) is 2. The second-order valence-corrected chi connectivity index (χ2v) is 7.44. The Morgan fingerprint density at radius 1 is 1.11 bits per heavy atom. The van der Waals surface area contributed by atoms with E-state index in [4.69, 9.17) is 17.3 Å². The number of hydrogen-bond donors (Lipinski definition) is 1. The summed E-state index contributed by atoms with van der Waals surface area (Å²) < 4.78 is 0. The van der Waals surface area contributed by atoms with Crippen LogP contribution in [0.2, 0.25) is 5.02 Å². The lowest BCUT2D eigenvalue weighted by atomic mass is 9.77. The van der Waals surface area contributed by atoms with E-state index in [1.807, 2.05) is 12.1 Å². The van der Waals surface area contributed by atoms with E-state index in [1.54, 1.807) is 0 Å². The first-order valence-corrected chi connectivity index (χ1v) is 7.36. The van der Waals surface area contributed by atoms with Crippen molar-refractivity contribution in [2.75, 3.05) is 0 Å². The van der Waals surface area contributed by atoms with Crippen LogP contribution in [0.15, 0.2) is 24.3 Å². The predicted molar refractivity (Wildman–Crippen MR) is 82.4 cm³/mol. The molecule has 0 atom stereocenters. The van der Waals surface area contributed by atoms with Crippen molar-refractivity contribution in [1.29, 1.82) is 0 Å². The molecule has 1 aliphatic heterocycles. The maximum atomic E-state index is 6.22. The normalized spacial score (nSPS) is 23.5. The van der Waals surface area contributed by atoms with Crippen LogP contribution in [-0.4, -0.2) is 22.0 Å². The number of halogens is 1. The van der Waals surface area contributed by atoms with E-state index < -0.39 is 0 Å². The molecule has 0 amide bonds. The molecule has 0 aliphatic carbocycles. The van der Waals surface area contributed by atoms with E-state index in [2.05, 4.69) is 44.7 Å². The maximum Gasteiger partial charge on any atom is 0.0406 e. The van der Waals surface area contributed by atoms with Crippen molar-refractivity contribution in [2.24, 2.45) is 5.73 Å². The fourth-order valence-electron chi connectivity index (χ4n) is 3.60. The zero-order chi connectivity index (χ0) is 14.3. The summed E-state index contributed by atoms with van der Waals surface area (Å²) in [5, 5.41) is 0.794. The lowest BCUT2D eigenvalue weighted by Crippen LogP contribution is -2.62. The molecule has 0 saturated carbocycles. The molecule has 2 nitrogen and oxygen atoms in total. The molecule has 0 aromatic heterocycles. The monoisotopic (exact) mass is 280 g/mol. The van der Waals surface area contributed by atoms with Crippen LogP contribution >= 0.6 is 11.6 Å². The highest BCUT2D eigenvalue weighted by Gasteiger charge is 2.43. The van der Waals surface area contributed by atoms with Crippen molar-refractivity contribution in [1.82, 2.24) is 4.90 Å². The van der Waals surface area contributed by atoms with E-state index in [0.29, 0.717) is 6.04 Å². The van der Waals surface area contributed by atoms with Gasteiger partial charge in [-0.1, -0.05) is 23.7 Å². The van der Waals surface area contributed by atoms with Gasteiger partial charge >= 0.3 is 0 Å². The largest absolute Gasteiger partial charge is 0.328 e. The van der Waals surface area contributed by atoms with E-state index >= 15 is 0 Å². The third-order valence-corrected chi connectivity index (χ3v) is 4.49. The molecule has 1 aromatic rings. The van der Waals surface area contributed by atoms with Gasteiger partial charge in [-0.2, -0.15) is 0 Å². The fourth-order valence-corrected chi connectivity index (χ4v) is 3.72. The summed E-state index contributed by atoms with van der Waals surface area (Å²) in [4.78, 5) is 2.58. The molecule has 0 radical (unpaired) electrons. The van der Waals surface area contributed by atoms with Gasteiger partial charge in [0.1, 0.15) is 0 Å². The van der Waals surface area contributed by atoms with Crippen LogP contribution in [0.5, 0.6) is 0 Å². The van der Waals surface area contributed by atoms with Crippen LogP contribution in [0.3, 0.4) is 0 Å². The molecule has 3 heteroatoms. The predicted octanol–water partition coefficient (Wildman–Crippen LogP) is 3.82. The summed E-state index contributed by atoms with van der Waals surface area (Å²) in [6.07, 6.45) is 2.09. The molecule has 1 heterocycles. The number of nitrogens with zero attached hydrogens (tertiary/aromatic N) is 1. The number of benzene rings is 1. The molecule has 0 unspecified atom stereocenters. The summed E-state index contributed by atoms with van der Waals surface area (Å²) >= 11 is 5.96. The minimum Gasteiger partial charge on any atom is -0.328 e. The first kappa shape index (κ1) is 14.8. The summed E-state index contributed by atoms with van der Waals surface area (Å²) in [5.41, 5.74) is 7.78. The third kappa shape index (κ3) is 3.31. The Balaban J connectivity index is 2.23. The summed E-state index contributed by atoms with van der Waals surface area (Å²) in [5.74, 6) is 0. The quantitative estimate of drug-likeness (QED) is 0.892. The third-order valence-electron chi connectivity index (χ3n) is 4.24. The number of likely N-dealkylation sites (tertiary alicyclic amines) is 1. The topological polar surface area (TPSA) is 29.3 Å². The van der Waals surface area contributed by atoms with Crippen molar-refractivity contribution < 1.29 is 0 Å². The van der Waals surface area contributed by atoms with Crippen molar-refractivity contribution in [3.8, 4) is 0 Å². The number of rotatable bonds is 2. The second-order valence-electron chi connectivity index (χ2n) is 7.01. The van der Waals surface area contributed by atoms with Crippen molar-refractivity contribution >= 4 is 11.6 Å². The highest BCUT2D eigenvalue weighted by atomic mass is 35.5. The van der Waals surface area contributed by atoms with Crippen molar-refractivity contribution in [2.45, 2.75) is 64.2 Å². The molecule has 1 aliphatic rings. The first-order chi connectivity index (χ1) is 8.71. The van der Waals surface area contributed by atoms with Crippen molar-refractivity contribution in [3.63, 3.8) is 0 Å². The molecular weight excluding hydrogens is 256 g/mol. The van der Waals surface area contributed by atoms with Crippen LogP contribution in [0.4, 0.5) is 0 Å². The standard InChI is InChI=1S/C16H25ClN2/c1-15(2)9-14(18)10-16(3,4)19(15)11-12-5-7-13(17)8-6-12/h5-8,14H,9-11,18H2,1-4H3. The molecule has 2 rings (SSSR count). The summed E-state index contributed by atoms with van der Waals surface area (Å²) in [6.45, 7) is 10.1. The minimum atomic E-state index is 0.126. The smallest absolute Gasteiger partial charge is 0.0406 e. The Hall–Kier alpha value is -0.570. The Labute approximate surface area is 121 Å². The SMILES string of the molecule is CC1(C)CC(N)CC(C)(C)N1Cc1ccc(Cl)cc1. The van der Waals surface area contributed by atoms with Gasteiger partial charge in [-0.05, 0) is 58.2 Å². The molecular formula is C16H25ClN2. The molecule has 1 fully saturated rings. The average Bonchev–Trinajstić information content (AvgIpc) is 2.24. The van der Waals surface area contributed by atoms with Gasteiger partial charge in [0.25, 0.3) is 0 Å². The van der Waals surface area contributed by atoms with Gasteiger partial charge in [-0.15, -0.1) is 0 Å². The fraction of sp³-hybridized carbons (Fsp3) is 0.625. The summed E-state index contributed by atoms with van der Waals surface area (Å²) in [6, 6.07) is 8.46. The lowest BCUT2D eigenvalue weighted by molar-refractivity contribution is -0.0418. The number of nitrogens with two attached hydrogens (primary N) is 1. The molecule has 2 N–H and O–H groups in total. The first-order valence-electron chi connectivity index (χ1n) is 6.98. The minimum absolute atomic E-state index is 0.126. The molecule has 19 heavy (non-hydrogen) atoms.